The van der Waals surface area contributed by atoms with E-state index in [9.17, 15) is 5.11 Å². The Morgan fingerprint density at radius 1 is 1.24 bits per heavy atom. The average Bonchev–Trinajstić information content (AvgIpc) is 2.39. The zero-order valence-corrected chi connectivity index (χ0v) is 10.7. The molecule has 2 rings (SSSR count). The Hall–Kier alpha value is -0.860. The molecule has 0 heterocycles. The van der Waals surface area contributed by atoms with Crippen LogP contribution >= 0.6 is 0 Å². The molecule has 1 aromatic carbocycles. The van der Waals surface area contributed by atoms with Crippen LogP contribution in [0.3, 0.4) is 0 Å². The van der Waals surface area contributed by atoms with Crippen LogP contribution in [0.25, 0.3) is 0 Å². The number of hydrogen-bond donors (Lipinski definition) is 2. The lowest BCUT2D eigenvalue weighted by molar-refractivity contribution is 0.245. The van der Waals surface area contributed by atoms with Crippen LogP contribution in [0.2, 0.25) is 0 Å². The van der Waals surface area contributed by atoms with Crippen molar-refractivity contribution in [1.82, 2.24) is 5.32 Å². The quantitative estimate of drug-likeness (QED) is 0.819. The van der Waals surface area contributed by atoms with Gasteiger partial charge in [-0.25, -0.2) is 0 Å². The van der Waals surface area contributed by atoms with Gasteiger partial charge in [0.25, 0.3) is 0 Å². The second kappa shape index (κ2) is 6.18. The van der Waals surface area contributed by atoms with Gasteiger partial charge in [0.15, 0.2) is 0 Å². The van der Waals surface area contributed by atoms with E-state index >= 15 is 0 Å². The lowest BCUT2D eigenvalue weighted by Crippen LogP contribution is -2.25. The summed E-state index contributed by atoms with van der Waals surface area (Å²) in [7, 11) is 0. The number of hydrogen-bond acceptors (Lipinski definition) is 2. The highest BCUT2D eigenvalue weighted by atomic mass is 16.3. The minimum Gasteiger partial charge on any atom is -0.394 e. The first kappa shape index (κ1) is 12.6. The maximum Gasteiger partial charge on any atom is 0.0626 e. The molecular weight excluding hydrogens is 210 g/mol. The molecule has 0 radical (unpaired) electrons. The van der Waals surface area contributed by atoms with Gasteiger partial charge in [-0.05, 0) is 55.3 Å². The molecule has 0 spiro atoms. The van der Waals surface area contributed by atoms with Crippen LogP contribution in [-0.2, 0) is 12.8 Å². The standard InChI is InChI=1S/C15H23NO/c1-2-9-16-15(11-17)14-8-7-12-5-3-4-6-13(12)10-14/h7-8,10,15-17H,2-6,9,11H2,1H3. The maximum atomic E-state index is 9.45. The van der Waals surface area contributed by atoms with E-state index < -0.39 is 0 Å². The summed E-state index contributed by atoms with van der Waals surface area (Å²) in [4.78, 5) is 0. The third kappa shape index (κ3) is 3.08. The average molecular weight is 233 g/mol. The van der Waals surface area contributed by atoms with Gasteiger partial charge < -0.3 is 10.4 Å². The van der Waals surface area contributed by atoms with E-state index in [4.69, 9.17) is 0 Å². The van der Waals surface area contributed by atoms with Crippen molar-refractivity contribution >= 4 is 0 Å². The van der Waals surface area contributed by atoms with Crippen molar-refractivity contribution in [2.75, 3.05) is 13.2 Å². The molecule has 0 bridgehead atoms. The van der Waals surface area contributed by atoms with E-state index in [2.05, 4.69) is 30.4 Å². The molecule has 2 N–H and O–H groups in total. The number of rotatable bonds is 5. The van der Waals surface area contributed by atoms with E-state index in [0.29, 0.717) is 0 Å². The Balaban J connectivity index is 2.13. The third-order valence-electron chi connectivity index (χ3n) is 3.60. The fraction of sp³-hybridized carbons (Fsp3) is 0.600. The predicted molar refractivity (Wildman–Crippen MR) is 71.2 cm³/mol. The van der Waals surface area contributed by atoms with Gasteiger partial charge >= 0.3 is 0 Å². The lowest BCUT2D eigenvalue weighted by atomic mass is 9.89. The highest BCUT2D eigenvalue weighted by Gasteiger charge is 2.13. The van der Waals surface area contributed by atoms with Crippen molar-refractivity contribution in [3.8, 4) is 0 Å². The topological polar surface area (TPSA) is 32.3 Å². The Bertz CT molecular complexity index is 362. The largest absolute Gasteiger partial charge is 0.394 e. The third-order valence-corrected chi connectivity index (χ3v) is 3.60. The van der Waals surface area contributed by atoms with Gasteiger partial charge in [-0.3, -0.25) is 0 Å². The Labute approximate surface area is 104 Å². The van der Waals surface area contributed by atoms with Gasteiger partial charge in [0, 0.05) is 0 Å². The summed E-state index contributed by atoms with van der Waals surface area (Å²) in [6, 6.07) is 6.81. The fourth-order valence-electron chi connectivity index (χ4n) is 2.58. The van der Waals surface area contributed by atoms with Crippen LogP contribution in [0.5, 0.6) is 0 Å². The molecule has 1 aromatic rings. The van der Waals surface area contributed by atoms with Gasteiger partial charge in [0.1, 0.15) is 0 Å². The van der Waals surface area contributed by atoms with E-state index in [-0.39, 0.29) is 12.6 Å². The summed E-state index contributed by atoms with van der Waals surface area (Å²) in [6.07, 6.45) is 6.16. The molecule has 2 nitrogen and oxygen atoms in total. The summed E-state index contributed by atoms with van der Waals surface area (Å²) in [6.45, 7) is 3.29. The Morgan fingerprint density at radius 3 is 2.71 bits per heavy atom. The first-order valence-electron chi connectivity index (χ1n) is 6.81. The van der Waals surface area contributed by atoms with Crippen molar-refractivity contribution in [2.24, 2.45) is 0 Å². The van der Waals surface area contributed by atoms with Crippen LogP contribution in [-0.4, -0.2) is 18.3 Å². The SMILES string of the molecule is CCCNC(CO)c1ccc2c(c1)CCCC2. The van der Waals surface area contributed by atoms with Gasteiger partial charge in [-0.1, -0.05) is 25.1 Å². The van der Waals surface area contributed by atoms with Crippen molar-refractivity contribution in [2.45, 2.75) is 45.1 Å². The molecule has 0 aliphatic heterocycles. The number of aliphatic hydroxyl groups excluding tert-OH is 1. The minimum atomic E-state index is 0.0992. The molecule has 1 aliphatic rings. The molecule has 1 aliphatic carbocycles. The van der Waals surface area contributed by atoms with Crippen LogP contribution in [0, 0.1) is 0 Å². The highest BCUT2D eigenvalue weighted by molar-refractivity contribution is 5.35. The van der Waals surface area contributed by atoms with Gasteiger partial charge in [-0.15, -0.1) is 0 Å². The van der Waals surface area contributed by atoms with E-state index in [1.54, 1.807) is 0 Å². The summed E-state index contributed by atoms with van der Waals surface area (Å²) in [5, 5.41) is 12.8. The van der Waals surface area contributed by atoms with E-state index in [1.165, 1.54) is 42.4 Å². The number of aryl methyl sites for hydroxylation is 2. The molecule has 1 unspecified atom stereocenters. The zero-order valence-electron chi connectivity index (χ0n) is 10.7. The van der Waals surface area contributed by atoms with Crippen LogP contribution in [0.4, 0.5) is 0 Å². The smallest absolute Gasteiger partial charge is 0.0626 e. The van der Waals surface area contributed by atoms with E-state index in [1.807, 2.05) is 0 Å². The molecule has 0 saturated carbocycles. The van der Waals surface area contributed by atoms with Crippen LogP contribution in [0.15, 0.2) is 18.2 Å². The number of aliphatic hydroxyl groups is 1. The molecule has 0 saturated heterocycles. The van der Waals surface area contributed by atoms with Crippen LogP contribution < -0.4 is 5.32 Å². The minimum absolute atomic E-state index is 0.0992. The summed E-state index contributed by atoms with van der Waals surface area (Å²) < 4.78 is 0. The molecule has 0 aromatic heterocycles. The number of fused-ring (bicyclic) bond motifs is 1. The predicted octanol–water partition coefficient (Wildman–Crippen LogP) is 2.60. The fourth-order valence-corrected chi connectivity index (χ4v) is 2.58. The second-order valence-electron chi connectivity index (χ2n) is 4.92. The molecule has 0 fully saturated rings. The van der Waals surface area contributed by atoms with E-state index in [0.717, 1.165) is 13.0 Å². The second-order valence-corrected chi connectivity index (χ2v) is 4.92. The highest BCUT2D eigenvalue weighted by Crippen LogP contribution is 2.24. The summed E-state index contributed by atoms with van der Waals surface area (Å²) in [5.41, 5.74) is 4.24. The van der Waals surface area contributed by atoms with Crippen molar-refractivity contribution in [3.05, 3.63) is 34.9 Å². The summed E-state index contributed by atoms with van der Waals surface area (Å²) in [5.74, 6) is 0. The zero-order chi connectivity index (χ0) is 12.1. The van der Waals surface area contributed by atoms with Gasteiger partial charge in [-0.2, -0.15) is 0 Å². The first-order valence-corrected chi connectivity index (χ1v) is 6.81. The van der Waals surface area contributed by atoms with Crippen molar-refractivity contribution in [1.29, 1.82) is 0 Å². The maximum absolute atomic E-state index is 9.45. The molecule has 17 heavy (non-hydrogen) atoms. The molecule has 0 amide bonds. The number of benzene rings is 1. The van der Waals surface area contributed by atoms with Crippen LogP contribution in [0.1, 0.15) is 48.9 Å². The first-order chi connectivity index (χ1) is 8.35. The Morgan fingerprint density at radius 2 is 2.00 bits per heavy atom. The number of nitrogens with one attached hydrogen (secondary N) is 1. The molecule has 1 atom stereocenters. The molecular formula is C15H23NO. The van der Waals surface area contributed by atoms with Gasteiger partial charge in [0.05, 0.1) is 12.6 Å². The van der Waals surface area contributed by atoms with Crippen molar-refractivity contribution in [3.63, 3.8) is 0 Å². The lowest BCUT2D eigenvalue weighted by Gasteiger charge is -2.21. The Kier molecular flexibility index (Phi) is 4.57. The van der Waals surface area contributed by atoms with Crippen molar-refractivity contribution < 1.29 is 5.11 Å². The monoisotopic (exact) mass is 233 g/mol. The van der Waals surface area contributed by atoms with Gasteiger partial charge in [0.2, 0.25) is 0 Å². The summed E-state index contributed by atoms with van der Waals surface area (Å²) >= 11 is 0. The molecule has 2 heteroatoms. The molecule has 94 valence electrons. The normalized spacial score (nSPS) is 16.6.